The van der Waals surface area contributed by atoms with Crippen molar-refractivity contribution in [1.29, 1.82) is 0 Å². The molecule has 1 aromatic heterocycles. The SMILES string of the molecule is CCNC(=NCc1cccc2cccnc12)NCCOCC.I. The van der Waals surface area contributed by atoms with Gasteiger partial charge in [0.2, 0.25) is 0 Å². The molecular weight excluding hydrogens is 403 g/mol. The largest absolute Gasteiger partial charge is 0.380 e. The molecule has 2 aromatic rings. The van der Waals surface area contributed by atoms with Gasteiger partial charge in [0.05, 0.1) is 18.7 Å². The summed E-state index contributed by atoms with van der Waals surface area (Å²) in [5.41, 5.74) is 2.14. The van der Waals surface area contributed by atoms with Gasteiger partial charge < -0.3 is 15.4 Å². The molecule has 0 aliphatic carbocycles. The first-order valence-corrected chi connectivity index (χ1v) is 7.77. The lowest BCUT2D eigenvalue weighted by Crippen LogP contribution is -2.39. The van der Waals surface area contributed by atoms with Gasteiger partial charge in [0.1, 0.15) is 0 Å². The van der Waals surface area contributed by atoms with E-state index in [1.54, 1.807) is 0 Å². The van der Waals surface area contributed by atoms with Crippen molar-refractivity contribution >= 4 is 40.8 Å². The molecule has 2 N–H and O–H groups in total. The van der Waals surface area contributed by atoms with Crippen molar-refractivity contribution in [1.82, 2.24) is 15.6 Å². The Balaban J connectivity index is 0.00000264. The van der Waals surface area contributed by atoms with Crippen LogP contribution in [0.2, 0.25) is 0 Å². The molecule has 0 atom stereocenters. The van der Waals surface area contributed by atoms with E-state index in [9.17, 15) is 0 Å². The van der Waals surface area contributed by atoms with Crippen molar-refractivity contribution in [2.24, 2.45) is 4.99 Å². The van der Waals surface area contributed by atoms with Crippen LogP contribution >= 0.6 is 24.0 Å². The van der Waals surface area contributed by atoms with Crippen LogP contribution in [0.5, 0.6) is 0 Å². The van der Waals surface area contributed by atoms with E-state index in [0.717, 1.165) is 42.1 Å². The van der Waals surface area contributed by atoms with Gasteiger partial charge in [-0.05, 0) is 25.5 Å². The van der Waals surface area contributed by atoms with Crippen molar-refractivity contribution in [3.8, 4) is 0 Å². The van der Waals surface area contributed by atoms with Gasteiger partial charge in [-0.1, -0.05) is 24.3 Å². The molecule has 2 rings (SSSR count). The quantitative estimate of drug-likeness (QED) is 0.308. The molecule has 0 amide bonds. The molecule has 0 spiro atoms. The fourth-order valence-electron chi connectivity index (χ4n) is 2.19. The van der Waals surface area contributed by atoms with Gasteiger partial charge in [-0.25, -0.2) is 4.99 Å². The van der Waals surface area contributed by atoms with Crippen LogP contribution in [0.3, 0.4) is 0 Å². The number of pyridine rings is 1. The summed E-state index contributed by atoms with van der Waals surface area (Å²) in [4.78, 5) is 9.09. The zero-order chi connectivity index (χ0) is 15.6. The fraction of sp³-hybridized carbons (Fsp3) is 0.412. The van der Waals surface area contributed by atoms with Crippen molar-refractivity contribution in [3.63, 3.8) is 0 Å². The smallest absolute Gasteiger partial charge is 0.191 e. The number of aliphatic imine (C=N–C) groups is 1. The monoisotopic (exact) mass is 428 g/mol. The first-order valence-electron chi connectivity index (χ1n) is 7.77. The zero-order valence-electron chi connectivity index (χ0n) is 13.7. The summed E-state index contributed by atoms with van der Waals surface area (Å²) in [5, 5.41) is 7.65. The first kappa shape index (κ1) is 19.6. The van der Waals surface area contributed by atoms with Gasteiger partial charge in [0.25, 0.3) is 0 Å². The predicted molar refractivity (Wildman–Crippen MR) is 106 cm³/mol. The third-order valence-electron chi connectivity index (χ3n) is 3.21. The highest BCUT2D eigenvalue weighted by molar-refractivity contribution is 14.0. The van der Waals surface area contributed by atoms with E-state index in [0.29, 0.717) is 13.2 Å². The molecule has 0 aliphatic rings. The Kier molecular flexibility index (Phi) is 9.54. The van der Waals surface area contributed by atoms with Gasteiger partial charge in [0, 0.05) is 31.3 Å². The third-order valence-corrected chi connectivity index (χ3v) is 3.21. The van der Waals surface area contributed by atoms with E-state index in [-0.39, 0.29) is 24.0 Å². The summed E-state index contributed by atoms with van der Waals surface area (Å²) in [5.74, 6) is 0.801. The summed E-state index contributed by atoms with van der Waals surface area (Å²) in [6.45, 7) is 7.62. The van der Waals surface area contributed by atoms with Crippen LogP contribution in [0, 0.1) is 0 Å². The van der Waals surface area contributed by atoms with E-state index in [1.807, 2.05) is 25.3 Å². The Morgan fingerprint density at radius 1 is 1.17 bits per heavy atom. The second-order valence-corrected chi connectivity index (χ2v) is 4.81. The maximum atomic E-state index is 5.33. The van der Waals surface area contributed by atoms with Gasteiger partial charge >= 0.3 is 0 Å². The molecule has 0 bridgehead atoms. The number of halogens is 1. The number of nitrogens with one attached hydrogen (secondary N) is 2. The molecular formula is C17H25IN4O. The van der Waals surface area contributed by atoms with E-state index in [4.69, 9.17) is 4.74 Å². The number of para-hydroxylation sites is 1. The predicted octanol–water partition coefficient (Wildman–Crippen LogP) is 2.94. The highest BCUT2D eigenvalue weighted by Gasteiger charge is 2.02. The molecule has 23 heavy (non-hydrogen) atoms. The third kappa shape index (κ3) is 6.31. The number of benzene rings is 1. The summed E-state index contributed by atoms with van der Waals surface area (Å²) in [6, 6.07) is 10.2. The van der Waals surface area contributed by atoms with Gasteiger partial charge in [-0.15, -0.1) is 24.0 Å². The lowest BCUT2D eigenvalue weighted by molar-refractivity contribution is 0.152. The molecule has 1 aromatic carbocycles. The minimum Gasteiger partial charge on any atom is -0.380 e. The average molecular weight is 428 g/mol. The second kappa shape index (κ2) is 11.2. The zero-order valence-corrected chi connectivity index (χ0v) is 16.0. The number of hydrogen-bond acceptors (Lipinski definition) is 3. The Labute approximate surface area is 155 Å². The molecule has 5 nitrogen and oxygen atoms in total. The number of nitrogens with zero attached hydrogens (tertiary/aromatic N) is 2. The van der Waals surface area contributed by atoms with Gasteiger partial charge in [-0.3, -0.25) is 4.98 Å². The highest BCUT2D eigenvalue weighted by Crippen LogP contribution is 2.16. The minimum absolute atomic E-state index is 0. The van der Waals surface area contributed by atoms with E-state index in [2.05, 4.69) is 45.7 Å². The molecule has 1 heterocycles. The summed E-state index contributed by atoms with van der Waals surface area (Å²) < 4.78 is 5.33. The summed E-state index contributed by atoms with van der Waals surface area (Å²) in [6.07, 6.45) is 1.82. The number of hydrogen-bond donors (Lipinski definition) is 2. The van der Waals surface area contributed by atoms with Crippen LogP contribution in [0.4, 0.5) is 0 Å². The van der Waals surface area contributed by atoms with Crippen molar-refractivity contribution in [2.45, 2.75) is 20.4 Å². The normalized spacial score (nSPS) is 11.1. The fourth-order valence-corrected chi connectivity index (χ4v) is 2.19. The lowest BCUT2D eigenvalue weighted by Gasteiger charge is -2.11. The lowest BCUT2D eigenvalue weighted by atomic mass is 10.1. The minimum atomic E-state index is 0. The standard InChI is InChI=1S/C17H24N4O.HI/c1-3-18-17(20-11-12-22-4-2)21-13-15-8-5-7-14-9-6-10-19-16(14)15;/h5-10H,3-4,11-13H2,1-2H3,(H2,18,20,21);1H. The number of rotatable bonds is 7. The Morgan fingerprint density at radius 3 is 2.78 bits per heavy atom. The van der Waals surface area contributed by atoms with Crippen molar-refractivity contribution in [2.75, 3.05) is 26.3 Å². The van der Waals surface area contributed by atoms with Gasteiger partial charge in [-0.2, -0.15) is 0 Å². The van der Waals surface area contributed by atoms with Crippen LogP contribution in [-0.4, -0.2) is 37.2 Å². The molecule has 0 fully saturated rings. The van der Waals surface area contributed by atoms with Crippen LogP contribution in [0.1, 0.15) is 19.4 Å². The maximum absolute atomic E-state index is 5.33. The summed E-state index contributed by atoms with van der Waals surface area (Å²) in [7, 11) is 0. The molecule has 0 unspecified atom stereocenters. The number of fused-ring (bicyclic) bond motifs is 1. The number of aromatic nitrogens is 1. The Bertz CT molecular complexity index is 613. The molecule has 0 saturated carbocycles. The topological polar surface area (TPSA) is 58.5 Å². The molecule has 0 aliphatic heterocycles. The van der Waals surface area contributed by atoms with Crippen molar-refractivity contribution in [3.05, 3.63) is 42.1 Å². The van der Waals surface area contributed by atoms with E-state index in [1.165, 1.54) is 0 Å². The highest BCUT2D eigenvalue weighted by atomic mass is 127. The average Bonchev–Trinajstić information content (AvgIpc) is 2.56. The van der Waals surface area contributed by atoms with E-state index < -0.39 is 0 Å². The molecule has 0 radical (unpaired) electrons. The number of ether oxygens (including phenoxy) is 1. The summed E-state index contributed by atoms with van der Waals surface area (Å²) >= 11 is 0. The van der Waals surface area contributed by atoms with E-state index >= 15 is 0 Å². The molecule has 126 valence electrons. The number of guanidine groups is 1. The van der Waals surface area contributed by atoms with Crippen molar-refractivity contribution < 1.29 is 4.74 Å². The van der Waals surface area contributed by atoms with Gasteiger partial charge in [0.15, 0.2) is 5.96 Å². The molecule has 6 heteroatoms. The van der Waals surface area contributed by atoms with Crippen LogP contribution in [-0.2, 0) is 11.3 Å². The Hall–Kier alpha value is -1.41. The second-order valence-electron chi connectivity index (χ2n) is 4.81. The molecule has 0 saturated heterocycles. The van der Waals surface area contributed by atoms with Crippen LogP contribution < -0.4 is 10.6 Å². The van der Waals surface area contributed by atoms with Crippen LogP contribution in [0.25, 0.3) is 10.9 Å². The Morgan fingerprint density at radius 2 is 2.00 bits per heavy atom. The maximum Gasteiger partial charge on any atom is 0.191 e. The first-order chi connectivity index (χ1) is 10.8. The van der Waals surface area contributed by atoms with Crippen LogP contribution in [0.15, 0.2) is 41.5 Å².